The lowest BCUT2D eigenvalue weighted by atomic mass is 10.0. The largest absolute Gasteiger partial charge is 0.439 e. The molecule has 2 atom stereocenters. The van der Waals surface area contributed by atoms with Crippen LogP contribution in [0.4, 0.5) is 4.79 Å². The Bertz CT molecular complexity index is 585. The zero-order chi connectivity index (χ0) is 15.4. The van der Waals surface area contributed by atoms with E-state index in [1.165, 1.54) is 6.08 Å². The van der Waals surface area contributed by atoms with E-state index in [9.17, 15) is 9.59 Å². The number of ether oxygens (including phenoxy) is 1. The maximum atomic E-state index is 12.1. The van der Waals surface area contributed by atoms with Gasteiger partial charge in [0.05, 0.1) is 6.04 Å². The Balaban J connectivity index is 2.15. The first-order chi connectivity index (χ1) is 10.0. The minimum absolute atomic E-state index is 0.330. The molecule has 4 nitrogen and oxygen atoms in total. The van der Waals surface area contributed by atoms with Crippen molar-refractivity contribution in [3.8, 4) is 0 Å². The van der Waals surface area contributed by atoms with E-state index in [0.29, 0.717) is 0 Å². The van der Waals surface area contributed by atoms with Gasteiger partial charge in [-0.2, -0.15) is 0 Å². The van der Waals surface area contributed by atoms with Gasteiger partial charge >= 0.3 is 6.09 Å². The Morgan fingerprint density at radius 1 is 1.24 bits per heavy atom. The molecule has 0 aromatic heterocycles. The van der Waals surface area contributed by atoms with Gasteiger partial charge in [-0.05, 0) is 26.3 Å². The van der Waals surface area contributed by atoms with E-state index in [4.69, 9.17) is 4.74 Å². The highest BCUT2D eigenvalue weighted by molar-refractivity contribution is 6.00. The van der Waals surface area contributed by atoms with E-state index in [2.05, 4.69) is 0 Å². The first-order valence-electron chi connectivity index (χ1n) is 6.91. The molecule has 4 heteroatoms. The molecule has 0 spiro atoms. The Kier molecular flexibility index (Phi) is 4.58. The Morgan fingerprint density at radius 2 is 1.90 bits per heavy atom. The van der Waals surface area contributed by atoms with Crippen LogP contribution in [0.15, 0.2) is 54.1 Å². The van der Waals surface area contributed by atoms with Gasteiger partial charge in [0.15, 0.2) is 0 Å². The smallest absolute Gasteiger partial charge is 0.417 e. The van der Waals surface area contributed by atoms with E-state index in [0.717, 1.165) is 16.0 Å². The molecule has 1 aromatic rings. The molecule has 0 saturated carbocycles. The van der Waals surface area contributed by atoms with E-state index < -0.39 is 12.2 Å². The lowest BCUT2D eigenvalue weighted by Gasteiger charge is -2.17. The number of benzene rings is 1. The van der Waals surface area contributed by atoms with Crippen LogP contribution in [0.2, 0.25) is 0 Å². The second-order valence-corrected chi connectivity index (χ2v) is 5.27. The normalized spacial score (nSPS) is 21.5. The highest BCUT2D eigenvalue weighted by Gasteiger charge is 2.42. The number of allylic oxidation sites excluding steroid dienone is 3. The highest BCUT2D eigenvalue weighted by atomic mass is 16.6. The molecular weight excluding hydrogens is 266 g/mol. The summed E-state index contributed by atoms with van der Waals surface area (Å²) in [5.41, 5.74) is 1.97. The third kappa shape index (κ3) is 3.40. The number of imide groups is 1. The fraction of sp³-hybridized carbons (Fsp3) is 0.294. The number of nitrogens with zero attached hydrogens (tertiary/aromatic N) is 1. The number of amides is 2. The van der Waals surface area contributed by atoms with Crippen LogP contribution in [0.1, 0.15) is 32.4 Å². The fourth-order valence-electron chi connectivity index (χ4n) is 2.25. The lowest BCUT2D eigenvalue weighted by Crippen LogP contribution is -2.36. The number of cyclic esters (lactones) is 1. The molecule has 1 aliphatic heterocycles. The molecular formula is C17H19NO3. The molecule has 1 saturated heterocycles. The van der Waals surface area contributed by atoms with Crippen LogP contribution < -0.4 is 0 Å². The van der Waals surface area contributed by atoms with E-state index in [1.54, 1.807) is 6.08 Å². The molecule has 2 amide bonds. The molecule has 21 heavy (non-hydrogen) atoms. The summed E-state index contributed by atoms with van der Waals surface area (Å²) in [5.74, 6) is -0.358. The Labute approximate surface area is 124 Å². The summed E-state index contributed by atoms with van der Waals surface area (Å²) in [7, 11) is 0. The van der Waals surface area contributed by atoms with Gasteiger partial charge in [0.25, 0.3) is 5.91 Å². The van der Waals surface area contributed by atoms with Crippen molar-refractivity contribution in [2.45, 2.75) is 32.9 Å². The van der Waals surface area contributed by atoms with Crippen LogP contribution in [0, 0.1) is 0 Å². The molecule has 110 valence electrons. The maximum Gasteiger partial charge on any atom is 0.417 e. The molecule has 0 radical (unpaired) electrons. The van der Waals surface area contributed by atoms with Crippen molar-refractivity contribution in [3.05, 3.63) is 59.7 Å². The van der Waals surface area contributed by atoms with Gasteiger partial charge in [-0.15, -0.1) is 0 Å². The molecule has 0 aliphatic carbocycles. The first-order valence-corrected chi connectivity index (χ1v) is 6.91. The predicted octanol–water partition coefficient (Wildman–Crippen LogP) is 3.62. The van der Waals surface area contributed by atoms with Crippen LogP contribution >= 0.6 is 0 Å². The van der Waals surface area contributed by atoms with E-state index >= 15 is 0 Å². The minimum Gasteiger partial charge on any atom is -0.439 e. The van der Waals surface area contributed by atoms with Crippen LogP contribution in [0.5, 0.6) is 0 Å². The average molecular weight is 285 g/mol. The molecule has 0 bridgehead atoms. The standard InChI is InChI=1S/C17H19NO3/c1-12(2)8-7-11-15(19)18-13(3)16(21-17(18)20)14-9-5-4-6-10-14/h4-11,13,16H,1-3H3/b11-7+/t13-,16-/m1/s1. The van der Waals surface area contributed by atoms with Crippen molar-refractivity contribution < 1.29 is 14.3 Å². The van der Waals surface area contributed by atoms with Gasteiger partial charge in [-0.1, -0.05) is 48.1 Å². The first kappa shape index (κ1) is 15.0. The number of rotatable bonds is 3. The topological polar surface area (TPSA) is 46.6 Å². The second kappa shape index (κ2) is 6.39. The van der Waals surface area contributed by atoms with Crippen molar-refractivity contribution in [1.82, 2.24) is 4.90 Å². The quantitative estimate of drug-likeness (QED) is 0.629. The summed E-state index contributed by atoms with van der Waals surface area (Å²) < 4.78 is 5.34. The van der Waals surface area contributed by atoms with Crippen molar-refractivity contribution in [1.29, 1.82) is 0 Å². The zero-order valence-corrected chi connectivity index (χ0v) is 12.4. The van der Waals surface area contributed by atoms with Crippen molar-refractivity contribution in [2.24, 2.45) is 0 Å². The number of carbonyl (C=O) groups excluding carboxylic acids is 2. The maximum absolute atomic E-state index is 12.1. The van der Waals surface area contributed by atoms with Crippen LogP contribution in [-0.4, -0.2) is 22.9 Å². The zero-order valence-electron chi connectivity index (χ0n) is 12.4. The summed E-state index contributed by atoms with van der Waals surface area (Å²) in [6, 6.07) is 9.12. The van der Waals surface area contributed by atoms with Crippen molar-refractivity contribution >= 4 is 12.0 Å². The lowest BCUT2D eigenvalue weighted by molar-refractivity contribution is -0.124. The number of carbonyl (C=O) groups is 2. The summed E-state index contributed by atoms with van der Waals surface area (Å²) in [5, 5.41) is 0. The summed E-state index contributed by atoms with van der Waals surface area (Å²) in [4.78, 5) is 25.2. The number of hydrogen-bond donors (Lipinski definition) is 0. The Hall–Kier alpha value is -2.36. The monoisotopic (exact) mass is 285 g/mol. The molecule has 1 aliphatic rings. The summed E-state index contributed by atoms with van der Waals surface area (Å²) >= 11 is 0. The van der Waals surface area contributed by atoms with Gasteiger partial charge in [-0.3, -0.25) is 4.79 Å². The molecule has 1 aromatic carbocycles. The fourth-order valence-corrected chi connectivity index (χ4v) is 2.25. The second-order valence-electron chi connectivity index (χ2n) is 5.27. The van der Waals surface area contributed by atoms with Crippen molar-refractivity contribution in [2.75, 3.05) is 0 Å². The van der Waals surface area contributed by atoms with Crippen LogP contribution in [0.25, 0.3) is 0 Å². The summed E-state index contributed by atoms with van der Waals surface area (Å²) in [6.45, 7) is 5.69. The van der Waals surface area contributed by atoms with Gasteiger partial charge < -0.3 is 4.74 Å². The minimum atomic E-state index is -0.594. The van der Waals surface area contributed by atoms with E-state index in [1.807, 2.05) is 57.2 Å². The molecule has 0 N–H and O–H groups in total. The predicted molar refractivity (Wildman–Crippen MR) is 80.5 cm³/mol. The van der Waals surface area contributed by atoms with Gasteiger partial charge in [-0.25, -0.2) is 9.69 Å². The van der Waals surface area contributed by atoms with Gasteiger partial charge in [0.1, 0.15) is 6.10 Å². The number of hydrogen-bond acceptors (Lipinski definition) is 3. The molecule has 1 heterocycles. The van der Waals surface area contributed by atoms with Crippen molar-refractivity contribution in [3.63, 3.8) is 0 Å². The average Bonchev–Trinajstić information content (AvgIpc) is 2.74. The van der Waals surface area contributed by atoms with Gasteiger partial charge in [0, 0.05) is 6.08 Å². The van der Waals surface area contributed by atoms with Gasteiger partial charge in [0.2, 0.25) is 0 Å². The SMILES string of the molecule is CC(C)=C/C=C/C(=O)N1C(=O)O[C@@H](c2ccccc2)[C@H]1C. The molecule has 0 unspecified atom stereocenters. The van der Waals surface area contributed by atoms with E-state index in [-0.39, 0.29) is 11.9 Å². The van der Waals surface area contributed by atoms with Crippen LogP contribution in [-0.2, 0) is 9.53 Å². The Morgan fingerprint density at radius 3 is 2.52 bits per heavy atom. The molecule has 2 rings (SSSR count). The highest BCUT2D eigenvalue weighted by Crippen LogP contribution is 2.32. The third-order valence-electron chi connectivity index (χ3n) is 3.30. The summed E-state index contributed by atoms with van der Waals surface area (Å²) in [6.07, 6.45) is 3.84. The van der Waals surface area contributed by atoms with Crippen LogP contribution in [0.3, 0.4) is 0 Å². The molecule has 1 fully saturated rings. The third-order valence-corrected chi connectivity index (χ3v) is 3.30.